The summed E-state index contributed by atoms with van der Waals surface area (Å²) in [5.41, 5.74) is -0.281. The minimum absolute atomic E-state index is 0.00732. The number of fused-ring (bicyclic) bond motifs is 1. The predicted molar refractivity (Wildman–Crippen MR) is 166 cm³/mol. The van der Waals surface area contributed by atoms with E-state index >= 15 is 0 Å². The molecule has 4 aromatic heterocycles. The largest absolute Gasteiger partial charge is 0.443 e. The first-order valence-corrected chi connectivity index (χ1v) is 15.4. The summed E-state index contributed by atoms with van der Waals surface area (Å²) in [6.45, 7) is 5.27. The number of ether oxygens (including phenoxy) is 2. The molecule has 0 unspecified atom stereocenters. The average molecular weight is 686 g/mol. The summed E-state index contributed by atoms with van der Waals surface area (Å²) >= 11 is 0. The zero-order valence-corrected chi connectivity index (χ0v) is 27.1. The fourth-order valence-corrected chi connectivity index (χ4v) is 5.15. The topological polar surface area (TPSA) is 125 Å². The number of halogens is 5. The number of imidazole rings is 2. The highest BCUT2D eigenvalue weighted by atomic mass is 19.4. The van der Waals surface area contributed by atoms with E-state index in [0.29, 0.717) is 16.8 Å². The summed E-state index contributed by atoms with van der Waals surface area (Å²) in [4.78, 5) is 36.2. The molecule has 1 fully saturated rings. The second-order valence-corrected chi connectivity index (χ2v) is 12.8. The highest BCUT2D eigenvalue weighted by Gasteiger charge is 2.36. The molecular weight excluding hydrogens is 653 g/mol. The number of amides is 1. The molecule has 0 N–H and O–H groups in total. The number of rotatable bonds is 9. The van der Waals surface area contributed by atoms with E-state index in [-0.39, 0.29) is 47.2 Å². The van der Waals surface area contributed by atoms with Crippen LogP contribution in [0.2, 0.25) is 0 Å². The summed E-state index contributed by atoms with van der Waals surface area (Å²) in [5.74, 6) is -0.404. The molecule has 6 rings (SSSR count). The van der Waals surface area contributed by atoms with Gasteiger partial charge in [0, 0.05) is 36.1 Å². The van der Waals surface area contributed by atoms with Crippen molar-refractivity contribution in [2.75, 3.05) is 4.90 Å². The zero-order chi connectivity index (χ0) is 35.2. The van der Waals surface area contributed by atoms with Crippen LogP contribution >= 0.6 is 0 Å². The number of carbonyl (C=O) groups excluding carboxylic acids is 1. The molecule has 0 saturated heterocycles. The number of hydrogen-bond acceptors (Lipinski definition) is 9. The number of benzene rings is 1. The Morgan fingerprint density at radius 3 is 2.37 bits per heavy atom. The Labute approximate surface area is 277 Å². The molecule has 49 heavy (non-hydrogen) atoms. The number of carbonyl (C=O) groups is 1. The second kappa shape index (κ2) is 12.7. The van der Waals surface area contributed by atoms with Crippen molar-refractivity contribution >= 4 is 17.6 Å². The van der Waals surface area contributed by atoms with Crippen molar-refractivity contribution in [1.82, 2.24) is 39.1 Å². The van der Waals surface area contributed by atoms with Crippen LogP contribution in [0.25, 0.3) is 28.4 Å². The highest BCUT2D eigenvalue weighted by molar-refractivity contribution is 5.91. The van der Waals surface area contributed by atoms with Gasteiger partial charge < -0.3 is 14.0 Å². The minimum Gasteiger partial charge on any atom is -0.443 e. The van der Waals surface area contributed by atoms with Gasteiger partial charge in [0.2, 0.25) is 5.88 Å². The highest BCUT2D eigenvalue weighted by Crippen LogP contribution is 2.45. The van der Waals surface area contributed by atoms with Gasteiger partial charge in [-0.3, -0.25) is 4.90 Å². The van der Waals surface area contributed by atoms with Crippen LogP contribution in [0.15, 0.2) is 49.2 Å². The summed E-state index contributed by atoms with van der Waals surface area (Å²) in [6.07, 6.45) is 1.18. The molecule has 0 bridgehead atoms. The van der Waals surface area contributed by atoms with Gasteiger partial charge in [0.25, 0.3) is 0 Å². The smallest absolute Gasteiger partial charge is 0.434 e. The number of hydrogen-bond donors (Lipinski definition) is 0. The van der Waals surface area contributed by atoms with Crippen molar-refractivity contribution in [2.45, 2.75) is 84.4 Å². The van der Waals surface area contributed by atoms with E-state index in [0.717, 1.165) is 25.4 Å². The van der Waals surface area contributed by atoms with E-state index in [2.05, 4.69) is 30.0 Å². The van der Waals surface area contributed by atoms with Crippen LogP contribution in [-0.4, -0.2) is 57.4 Å². The third kappa shape index (κ3) is 7.29. The van der Waals surface area contributed by atoms with Crippen LogP contribution in [0.4, 0.5) is 32.6 Å². The summed E-state index contributed by atoms with van der Waals surface area (Å²) in [7, 11) is 0. The SMILES string of the molecule is CC(C)n1cc(C(F)(F)F)nc1-c1ccc(CN(C(=O)OC(C)(C)C)c2nc(-c3c(OC(F)F)ncnc3C3CC3)nn3ccnc23)cc1. The summed E-state index contributed by atoms with van der Waals surface area (Å²) < 4.78 is 80.7. The molecular formula is C32H32F5N9O3. The third-order valence-corrected chi connectivity index (χ3v) is 7.47. The van der Waals surface area contributed by atoms with Gasteiger partial charge in [-0.25, -0.2) is 34.2 Å². The van der Waals surface area contributed by atoms with Gasteiger partial charge in [0.1, 0.15) is 23.3 Å². The van der Waals surface area contributed by atoms with Gasteiger partial charge in [-0.1, -0.05) is 24.3 Å². The Balaban J connectivity index is 1.44. The molecule has 0 atom stereocenters. The lowest BCUT2D eigenvalue weighted by molar-refractivity contribution is -0.140. The van der Waals surface area contributed by atoms with E-state index < -0.39 is 36.1 Å². The van der Waals surface area contributed by atoms with Crippen molar-refractivity contribution < 1.29 is 36.2 Å². The lowest BCUT2D eigenvalue weighted by Crippen LogP contribution is -2.37. The van der Waals surface area contributed by atoms with Crippen LogP contribution in [0.1, 0.15) is 76.4 Å². The molecule has 1 saturated carbocycles. The maximum absolute atomic E-state index is 13.8. The first-order chi connectivity index (χ1) is 23.1. The Hall–Kier alpha value is -5.22. The normalized spacial score (nSPS) is 13.8. The zero-order valence-electron chi connectivity index (χ0n) is 27.1. The van der Waals surface area contributed by atoms with Gasteiger partial charge >= 0.3 is 18.9 Å². The molecule has 1 aliphatic rings. The fraction of sp³-hybridized carbons (Fsp3) is 0.406. The van der Waals surface area contributed by atoms with Gasteiger partial charge in [-0.15, -0.1) is 5.10 Å². The molecule has 17 heteroatoms. The molecule has 5 aromatic rings. The Morgan fingerprint density at radius 2 is 1.76 bits per heavy atom. The molecule has 0 spiro atoms. The van der Waals surface area contributed by atoms with Crippen LogP contribution in [0.3, 0.4) is 0 Å². The Bertz CT molecular complexity index is 1980. The first-order valence-electron chi connectivity index (χ1n) is 15.4. The van der Waals surface area contributed by atoms with Gasteiger partial charge in [-0.05, 0) is 53.0 Å². The number of nitrogens with zero attached hydrogens (tertiary/aromatic N) is 9. The summed E-state index contributed by atoms with van der Waals surface area (Å²) in [5, 5.41) is 4.49. The Kier molecular flexibility index (Phi) is 8.70. The molecule has 0 aliphatic heterocycles. The monoisotopic (exact) mass is 685 g/mol. The average Bonchev–Trinajstić information content (AvgIpc) is 3.55. The van der Waals surface area contributed by atoms with Crippen molar-refractivity contribution in [2.24, 2.45) is 0 Å². The molecule has 12 nitrogen and oxygen atoms in total. The van der Waals surface area contributed by atoms with Crippen LogP contribution in [0.5, 0.6) is 5.88 Å². The number of anilines is 1. The molecule has 258 valence electrons. The molecule has 1 aliphatic carbocycles. The van der Waals surface area contributed by atoms with E-state index in [1.54, 1.807) is 58.9 Å². The predicted octanol–water partition coefficient (Wildman–Crippen LogP) is 7.47. The molecule has 0 radical (unpaired) electrons. The van der Waals surface area contributed by atoms with Gasteiger partial charge in [-0.2, -0.15) is 22.0 Å². The minimum atomic E-state index is -4.62. The van der Waals surface area contributed by atoms with E-state index in [1.165, 1.54) is 26.4 Å². The number of alkyl halides is 5. The first kappa shape index (κ1) is 33.7. The van der Waals surface area contributed by atoms with E-state index in [1.807, 2.05) is 0 Å². The van der Waals surface area contributed by atoms with Crippen LogP contribution in [-0.2, 0) is 17.5 Å². The third-order valence-electron chi connectivity index (χ3n) is 7.47. The van der Waals surface area contributed by atoms with Crippen LogP contribution in [0, 0.1) is 0 Å². The lowest BCUT2D eigenvalue weighted by atomic mass is 10.1. The van der Waals surface area contributed by atoms with Crippen molar-refractivity contribution in [3.8, 4) is 28.7 Å². The quantitative estimate of drug-likeness (QED) is 0.145. The molecule has 1 amide bonds. The second-order valence-electron chi connectivity index (χ2n) is 12.8. The van der Waals surface area contributed by atoms with E-state index in [4.69, 9.17) is 9.47 Å². The van der Waals surface area contributed by atoms with Crippen molar-refractivity contribution in [3.05, 3.63) is 66.1 Å². The van der Waals surface area contributed by atoms with Crippen molar-refractivity contribution in [3.63, 3.8) is 0 Å². The maximum atomic E-state index is 13.8. The lowest BCUT2D eigenvalue weighted by Gasteiger charge is -2.27. The van der Waals surface area contributed by atoms with Crippen LogP contribution < -0.4 is 9.64 Å². The van der Waals surface area contributed by atoms with E-state index in [9.17, 15) is 26.7 Å². The molecule has 1 aromatic carbocycles. The molecule has 4 heterocycles. The van der Waals surface area contributed by atoms with Gasteiger partial charge in [0.05, 0.1) is 12.2 Å². The fourth-order valence-electron chi connectivity index (χ4n) is 5.15. The number of aromatic nitrogens is 8. The standard InChI is InChI=1S/C32H32F5N9O3/c1-17(2)44-15-21(32(35,36)37)41-25(44)20-8-6-18(7-9-20)14-45(30(47)49-31(3,4)5)27-26-38-12-13-46(26)43-24(42-27)22-23(19-10-11-19)39-16-40-28(22)48-29(33)34/h6-9,12-13,15-17,19,29H,10-11,14H2,1-5H3. The van der Waals surface area contributed by atoms with Crippen molar-refractivity contribution in [1.29, 1.82) is 0 Å². The summed E-state index contributed by atoms with van der Waals surface area (Å²) in [6, 6.07) is 6.21. The maximum Gasteiger partial charge on any atom is 0.434 e. The van der Waals surface area contributed by atoms with Gasteiger partial charge in [0.15, 0.2) is 23.0 Å². The Morgan fingerprint density at radius 1 is 1.04 bits per heavy atom.